The molecule has 2 N–H and O–H groups in total. The maximum Gasteiger partial charge on any atom is 0.0599 e. The fraction of sp³-hybridized carbons (Fsp3) is 0.750. The van der Waals surface area contributed by atoms with E-state index >= 15 is 0 Å². The molecule has 0 aromatic rings. The highest BCUT2D eigenvalue weighted by molar-refractivity contribution is 4.91. The van der Waals surface area contributed by atoms with Crippen molar-refractivity contribution < 1.29 is 5.11 Å². The van der Waals surface area contributed by atoms with Gasteiger partial charge in [0.05, 0.1) is 13.2 Å². The normalized spacial score (nSPS) is 26.4. The first-order chi connectivity index (χ1) is 5.36. The topological polar surface area (TPSA) is 35.5 Å². The molecule has 62 valence electrons. The molecule has 3 heteroatoms. The lowest BCUT2D eigenvalue weighted by Crippen LogP contribution is -2.52. The van der Waals surface area contributed by atoms with E-state index in [1.165, 1.54) is 0 Å². The third kappa shape index (κ3) is 2.51. The molecule has 1 heterocycles. The van der Waals surface area contributed by atoms with Gasteiger partial charge in [0.2, 0.25) is 0 Å². The molecule has 0 radical (unpaired) electrons. The maximum absolute atomic E-state index is 8.84. The Morgan fingerprint density at radius 3 is 3.18 bits per heavy atom. The van der Waals surface area contributed by atoms with Gasteiger partial charge < -0.3 is 10.4 Å². The largest absolute Gasteiger partial charge is 0.395 e. The van der Waals surface area contributed by atoms with E-state index in [2.05, 4.69) is 16.1 Å². The van der Waals surface area contributed by atoms with E-state index in [0.29, 0.717) is 6.54 Å². The monoisotopic (exact) mass is 154 g/mol. The van der Waals surface area contributed by atoms with Crippen molar-refractivity contribution in [3.8, 4) is 12.3 Å². The van der Waals surface area contributed by atoms with Gasteiger partial charge in [0.25, 0.3) is 0 Å². The van der Waals surface area contributed by atoms with Gasteiger partial charge in [-0.1, -0.05) is 5.92 Å². The Labute approximate surface area is 67.4 Å². The predicted octanol–water partition coefficient (Wildman–Crippen LogP) is -1.11. The lowest BCUT2D eigenvalue weighted by Gasteiger charge is -2.31. The minimum atomic E-state index is 0.196. The van der Waals surface area contributed by atoms with Gasteiger partial charge >= 0.3 is 0 Å². The third-order valence-electron chi connectivity index (χ3n) is 1.87. The third-order valence-corrected chi connectivity index (χ3v) is 1.87. The SMILES string of the molecule is C#CCN1CCNC(CO)C1. The summed E-state index contributed by atoms with van der Waals surface area (Å²) in [6.45, 7) is 3.66. The van der Waals surface area contributed by atoms with E-state index in [-0.39, 0.29) is 12.6 Å². The smallest absolute Gasteiger partial charge is 0.0599 e. The summed E-state index contributed by atoms with van der Waals surface area (Å²) in [5.41, 5.74) is 0. The summed E-state index contributed by atoms with van der Waals surface area (Å²) in [5, 5.41) is 12.0. The van der Waals surface area contributed by atoms with Crippen LogP contribution in [0.3, 0.4) is 0 Å². The molecule has 0 aromatic heterocycles. The lowest BCUT2D eigenvalue weighted by atomic mass is 10.2. The van der Waals surface area contributed by atoms with Crippen molar-refractivity contribution in [2.45, 2.75) is 6.04 Å². The van der Waals surface area contributed by atoms with Gasteiger partial charge in [0, 0.05) is 25.7 Å². The molecule has 1 rings (SSSR count). The quantitative estimate of drug-likeness (QED) is 0.495. The average molecular weight is 154 g/mol. The summed E-state index contributed by atoms with van der Waals surface area (Å²) in [4.78, 5) is 2.16. The average Bonchev–Trinajstić information content (AvgIpc) is 2.06. The number of nitrogens with zero attached hydrogens (tertiary/aromatic N) is 1. The van der Waals surface area contributed by atoms with Crippen LogP contribution in [-0.2, 0) is 0 Å². The van der Waals surface area contributed by atoms with Gasteiger partial charge in [-0.05, 0) is 0 Å². The highest BCUT2D eigenvalue weighted by Crippen LogP contribution is 1.96. The number of nitrogens with one attached hydrogen (secondary N) is 1. The first kappa shape index (κ1) is 8.54. The minimum Gasteiger partial charge on any atom is -0.395 e. The number of hydrogen-bond acceptors (Lipinski definition) is 3. The number of aliphatic hydroxyl groups excluding tert-OH is 1. The van der Waals surface area contributed by atoms with Crippen LogP contribution in [0, 0.1) is 12.3 Å². The van der Waals surface area contributed by atoms with E-state index in [1.54, 1.807) is 0 Å². The Balaban J connectivity index is 2.28. The molecular formula is C8H14N2O. The van der Waals surface area contributed by atoms with Crippen LogP contribution in [0.2, 0.25) is 0 Å². The van der Waals surface area contributed by atoms with Crippen LogP contribution in [0.1, 0.15) is 0 Å². The molecule has 1 fully saturated rings. The van der Waals surface area contributed by atoms with Gasteiger partial charge in [-0.15, -0.1) is 6.42 Å². The first-order valence-electron chi connectivity index (χ1n) is 3.87. The molecule has 1 unspecified atom stereocenters. The second-order valence-electron chi connectivity index (χ2n) is 2.77. The van der Waals surface area contributed by atoms with Crippen molar-refractivity contribution in [1.29, 1.82) is 0 Å². The highest BCUT2D eigenvalue weighted by Gasteiger charge is 2.16. The van der Waals surface area contributed by atoms with Gasteiger partial charge in [-0.2, -0.15) is 0 Å². The molecule has 0 amide bonds. The van der Waals surface area contributed by atoms with Crippen molar-refractivity contribution >= 4 is 0 Å². The van der Waals surface area contributed by atoms with Gasteiger partial charge in [0.15, 0.2) is 0 Å². The molecule has 11 heavy (non-hydrogen) atoms. The minimum absolute atomic E-state index is 0.196. The highest BCUT2D eigenvalue weighted by atomic mass is 16.3. The number of rotatable bonds is 2. The van der Waals surface area contributed by atoms with Crippen molar-refractivity contribution in [3.05, 3.63) is 0 Å². The van der Waals surface area contributed by atoms with Gasteiger partial charge in [-0.25, -0.2) is 0 Å². The molecule has 0 saturated carbocycles. The first-order valence-corrected chi connectivity index (χ1v) is 3.87. The molecule has 1 atom stereocenters. The van der Waals surface area contributed by atoms with Crippen LogP contribution in [-0.4, -0.2) is 48.8 Å². The zero-order valence-corrected chi connectivity index (χ0v) is 6.58. The van der Waals surface area contributed by atoms with Crippen molar-refractivity contribution in [2.75, 3.05) is 32.8 Å². The summed E-state index contributed by atoms with van der Waals surface area (Å²) >= 11 is 0. The van der Waals surface area contributed by atoms with Crippen molar-refractivity contribution in [1.82, 2.24) is 10.2 Å². The predicted molar refractivity (Wildman–Crippen MR) is 44.1 cm³/mol. The molecule has 1 saturated heterocycles. The second kappa shape index (κ2) is 4.35. The molecule has 0 aromatic carbocycles. The Morgan fingerprint density at radius 2 is 2.55 bits per heavy atom. The molecule has 0 spiro atoms. The molecule has 1 aliphatic rings. The summed E-state index contributed by atoms with van der Waals surface area (Å²) in [5.74, 6) is 2.60. The van der Waals surface area contributed by atoms with Crippen LogP contribution < -0.4 is 5.32 Å². The summed E-state index contributed by atoms with van der Waals surface area (Å²) in [7, 11) is 0. The van der Waals surface area contributed by atoms with E-state index in [9.17, 15) is 0 Å². The zero-order valence-electron chi connectivity index (χ0n) is 6.58. The van der Waals surface area contributed by atoms with Crippen LogP contribution in [0.4, 0.5) is 0 Å². The lowest BCUT2D eigenvalue weighted by molar-refractivity contribution is 0.159. The van der Waals surface area contributed by atoms with Crippen LogP contribution >= 0.6 is 0 Å². The van der Waals surface area contributed by atoms with Crippen LogP contribution in [0.5, 0.6) is 0 Å². The molecule has 0 aliphatic carbocycles. The Morgan fingerprint density at radius 1 is 1.73 bits per heavy atom. The van der Waals surface area contributed by atoms with Gasteiger partial charge in [0.1, 0.15) is 0 Å². The Kier molecular flexibility index (Phi) is 3.37. The summed E-state index contributed by atoms with van der Waals surface area (Å²) in [6, 6.07) is 0.206. The molecular weight excluding hydrogens is 140 g/mol. The standard InChI is InChI=1S/C8H14N2O/c1-2-4-10-5-3-9-8(6-10)7-11/h1,8-9,11H,3-7H2. The zero-order chi connectivity index (χ0) is 8.10. The van der Waals surface area contributed by atoms with Crippen molar-refractivity contribution in [2.24, 2.45) is 0 Å². The van der Waals surface area contributed by atoms with E-state index in [4.69, 9.17) is 11.5 Å². The summed E-state index contributed by atoms with van der Waals surface area (Å²) in [6.07, 6.45) is 5.17. The van der Waals surface area contributed by atoms with E-state index in [0.717, 1.165) is 19.6 Å². The van der Waals surface area contributed by atoms with Crippen LogP contribution in [0.25, 0.3) is 0 Å². The van der Waals surface area contributed by atoms with Crippen LogP contribution in [0.15, 0.2) is 0 Å². The Bertz CT molecular complexity index is 153. The van der Waals surface area contributed by atoms with E-state index < -0.39 is 0 Å². The number of aliphatic hydroxyl groups is 1. The second-order valence-corrected chi connectivity index (χ2v) is 2.77. The van der Waals surface area contributed by atoms with Gasteiger partial charge in [-0.3, -0.25) is 4.90 Å². The van der Waals surface area contributed by atoms with E-state index in [1.807, 2.05) is 0 Å². The number of piperazine rings is 1. The number of hydrogen-bond donors (Lipinski definition) is 2. The fourth-order valence-electron chi connectivity index (χ4n) is 1.29. The fourth-order valence-corrected chi connectivity index (χ4v) is 1.29. The number of terminal acetylenes is 1. The van der Waals surface area contributed by atoms with Crippen molar-refractivity contribution in [3.63, 3.8) is 0 Å². The molecule has 3 nitrogen and oxygen atoms in total. The molecule has 0 bridgehead atoms. The Hall–Kier alpha value is -0.560. The maximum atomic E-state index is 8.84. The summed E-state index contributed by atoms with van der Waals surface area (Å²) < 4.78 is 0. The molecule has 1 aliphatic heterocycles.